The highest BCUT2D eigenvalue weighted by molar-refractivity contribution is 6.73. The predicted octanol–water partition coefficient (Wildman–Crippen LogP) is 3.61. The molecule has 0 bridgehead atoms. The van der Waals surface area contributed by atoms with Crippen LogP contribution in [0.3, 0.4) is 0 Å². The maximum Gasteiger partial charge on any atom is 0.407 e. The number of hydrogen-bond acceptors (Lipinski definition) is 2. The van der Waals surface area contributed by atoms with Crippen molar-refractivity contribution in [3.8, 4) is 0 Å². The summed E-state index contributed by atoms with van der Waals surface area (Å²) in [6.07, 6.45) is 0.490. The highest BCUT2D eigenvalue weighted by Crippen LogP contribution is 2.34. The van der Waals surface area contributed by atoms with Crippen molar-refractivity contribution in [1.29, 1.82) is 0 Å². The van der Waals surface area contributed by atoms with Gasteiger partial charge in [0.05, 0.1) is 6.54 Å². The number of rotatable bonds is 5. The average Bonchev–Trinajstić information content (AvgIpc) is 2.37. The highest BCUT2D eigenvalue weighted by atomic mass is 28.4. The van der Waals surface area contributed by atoms with E-state index < -0.39 is 20.1 Å². The molecule has 1 rings (SSSR count). The summed E-state index contributed by atoms with van der Waals surface area (Å²) in [4.78, 5) is 12.0. The normalized spacial score (nSPS) is 24.1. The van der Waals surface area contributed by atoms with Crippen molar-refractivity contribution in [2.24, 2.45) is 0 Å². The minimum absolute atomic E-state index is 0.157. The van der Waals surface area contributed by atoms with Gasteiger partial charge in [-0.15, -0.1) is 0 Å². The number of hydrogen-bond donors (Lipinski definition) is 1. The van der Waals surface area contributed by atoms with Gasteiger partial charge in [0.15, 0.2) is 5.67 Å². The minimum atomic E-state index is -1.92. The smallest absolute Gasteiger partial charge is 0.407 e. The average molecular weight is 289 g/mol. The van der Waals surface area contributed by atoms with Gasteiger partial charge < -0.3 is 14.4 Å². The molecule has 1 N–H and O–H groups in total. The summed E-state index contributed by atoms with van der Waals surface area (Å²) in [5, 5.41) is 8.93. The van der Waals surface area contributed by atoms with Crippen molar-refractivity contribution in [3.05, 3.63) is 11.8 Å². The Labute approximate surface area is 115 Å². The standard InChI is InChI=1S/C13H24FNO3Si/c1-5-19(6-2,7-3)18-11-8-9-15(12(16)17)10-13(11,4)14/h8H,5-7,9-10H2,1-4H3,(H,16,17). The third-order valence-electron chi connectivity index (χ3n) is 4.03. The second-order valence-electron chi connectivity index (χ2n) is 5.27. The molecule has 0 saturated carbocycles. The molecule has 0 fully saturated rings. The van der Waals surface area contributed by atoms with E-state index in [1.54, 1.807) is 6.08 Å². The first-order chi connectivity index (χ1) is 8.80. The first-order valence-corrected chi connectivity index (χ1v) is 9.39. The van der Waals surface area contributed by atoms with Gasteiger partial charge in [-0.1, -0.05) is 20.8 Å². The van der Waals surface area contributed by atoms with Crippen LogP contribution in [0.4, 0.5) is 9.18 Å². The van der Waals surface area contributed by atoms with E-state index in [1.165, 1.54) is 6.92 Å². The summed E-state index contributed by atoms with van der Waals surface area (Å²) in [6, 6.07) is 2.82. The molecule has 1 amide bonds. The summed E-state index contributed by atoms with van der Waals surface area (Å²) < 4.78 is 20.7. The maximum atomic E-state index is 14.6. The molecular weight excluding hydrogens is 265 g/mol. The van der Waals surface area contributed by atoms with Crippen LogP contribution in [0, 0.1) is 0 Å². The van der Waals surface area contributed by atoms with E-state index in [1.807, 2.05) is 0 Å². The zero-order chi connectivity index (χ0) is 14.7. The summed E-state index contributed by atoms with van der Waals surface area (Å²) in [6.45, 7) is 7.70. The van der Waals surface area contributed by atoms with Crippen LogP contribution in [0.25, 0.3) is 0 Å². The number of amides is 1. The van der Waals surface area contributed by atoms with Crippen LogP contribution in [-0.2, 0) is 4.43 Å². The van der Waals surface area contributed by atoms with Gasteiger partial charge in [-0.2, -0.15) is 0 Å². The third kappa shape index (κ3) is 3.49. The molecule has 110 valence electrons. The quantitative estimate of drug-likeness (QED) is 0.786. The van der Waals surface area contributed by atoms with Gasteiger partial charge in [-0.25, -0.2) is 9.18 Å². The molecule has 1 aliphatic heterocycles. The molecule has 1 heterocycles. The zero-order valence-electron chi connectivity index (χ0n) is 12.2. The van der Waals surface area contributed by atoms with E-state index in [9.17, 15) is 9.18 Å². The third-order valence-corrected chi connectivity index (χ3v) is 8.55. The van der Waals surface area contributed by atoms with Crippen LogP contribution >= 0.6 is 0 Å². The second-order valence-corrected chi connectivity index (χ2v) is 9.97. The van der Waals surface area contributed by atoms with Crippen molar-refractivity contribution in [2.45, 2.75) is 51.5 Å². The SMILES string of the molecule is CC[Si](CC)(CC)OC1=CCN(C(=O)O)CC1(C)F. The maximum absolute atomic E-state index is 14.6. The van der Waals surface area contributed by atoms with Gasteiger partial charge in [0.2, 0.25) is 8.32 Å². The van der Waals surface area contributed by atoms with Gasteiger partial charge in [0.25, 0.3) is 0 Å². The molecule has 6 heteroatoms. The van der Waals surface area contributed by atoms with Crippen LogP contribution < -0.4 is 0 Å². The van der Waals surface area contributed by atoms with E-state index in [0.29, 0.717) is 5.76 Å². The van der Waals surface area contributed by atoms with Crippen molar-refractivity contribution in [1.82, 2.24) is 4.90 Å². The summed E-state index contributed by atoms with van der Waals surface area (Å²) in [5.41, 5.74) is -1.73. The zero-order valence-corrected chi connectivity index (χ0v) is 13.2. The molecule has 1 unspecified atom stereocenters. The van der Waals surface area contributed by atoms with E-state index in [-0.39, 0.29) is 13.1 Å². The van der Waals surface area contributed by atoms with Crippen LogP contribution in [-0.4, -0.2) is 43.2 Å². The van der Waals surface area contributed by atoms with Gasteiger partial charge in [0, 0.05) is 6.54 Å². The minimum Gasteiger partial charge on any atom is -0.544 e. The molecule has 1 atom stereocenters. The van der Waals surface area contributed by atoms with Gasteiger partial charge >= 0.3 is 6.09 Å². The predicted molar refractivity (Wildman–Crippen MR) is 75.5 cm³/mol. The molecule has 0 radical (unpaired) electrons. The van der Waals surface area contributed by atoms with Crippen LogP contribution in [0.1, 0.15) is 27.7 Å². The van der Waals surface area contributed by atoms with Crippen LogP contribution in [0.15, 0.2) is 11.8 Å². The number of carboxylic acid groups (broad SMARTS) is 1. The molecule has 19 heavy (non-hydrogen) atoms. The molecule has 0 spiro atoms. The lowest BCUT2D eigenvalue weighted by Crippen LogP contribution is -2.49. The molecule has 0 aromatic heterocycles. The lowest BCUT2D eigenvalue weighted by molar-refractivity contribution is 0.0808. The Bertz CT molecular complexity index is 359. The van der Waals surface area contributed by atoms with Gasteiger partial charge in [-0.05, 0) is 31.1 Å². The van der Waals surface area contributed by atoms with E-state index in [4.69, 9.17) is 9.53 Å². The van der Waals surface area contributed by atoms with Crippen molar-refractivity contribution in [3.63, 3.8) is 0 Å². The second kappa shape index (κ2) is 5.94. The van der Waals surface area contributed by atoms with E-state index in [2.05, 4.69) is 20.8 Å². The molecular formula is C13H24FNO3Si. The van der Waals surface area contributed by atoms with Gasteiger partial charge in [0.1, 0.15) is 5.76 Å². The molecule has 0 aliphatic carbocycles. The molecule has 0 saturated heterocycles. The van der Waals surface area contributed by atoms with E-state index in [0.717, 1.165) is 23.0 Å². The van der Waals surface area contributed by atoms with Crippen LogP contribution in [0.2, 0.25) is 18.1 Å². The number of alkyl halides is 1. The largest absolute Gasteiger partial charge is 0.544 e. The lowest BCUT2D eigenvalue weighted by atomic mass is 10.0. The number of carbonyl (C=O) groups is 1. The summed E-state index contributed by atoms with van der Waals surface area (Å²) in [7, 11) is -1.92. The molecule has 0 aromatic rings. The topological polar surface area (TPSA) is 49.8 Å². The Kier molecular flexibility index (Phi) is 5.01. The van der Waals surface area contributed by atoms with Crippen molar-refractivity contribution in [2.75, 3.05) is 13.1 Å². The summed E-state index contributed by atoms with van der Waals surface area (Å²) in [5.74, 6) is 0.335. The Hall–Kier alpha value is -1.04. The highest BCUT2D eigenvalue weighted by Gasteiger charge is 2.42. The monoisotopic (exact) mass is 289 g/mol. The fraction of sp³-hybridized carbons (Fsp3) is 0.769. The first kappa shape index (κ1) is 16.0. The Morgan fingerprint density at radius 2 is 2.00 bits per heavy atom. The fourth-order valence-electron chi connectivity index (χ4n) is 2.40. The van der Waals surface area contributed by atoms with Gasteiger partial charge in [-0.3, -0.25) is 0 Å². The number of nitrogens with zero attached hydrogens (tertiary/aromatic N) is 1. The number of halogens is 1. The van der Waals surface area contributed by atoms with E-state index >= 15 is 0 Å². The fourth-order valence-corrected chi connectivity index (χ4v) is 5.10. The Morgan fingerprint density at radius 1 is 1.47 bits per heavy atom. The van der Waals surface area contributed by atoms with Crippen molar-refractivity contribution < 1.29 is 18.7 Å². The Balaban J connectivity index is 2.91. The molecule has 4 nitrogen and oxygen atoms in total. The summed E-state index contributed by atoms with van der Waals surface area (Å²) >= 11 is 0. The molecule has 0 aromatic carbocycles. The Morgan fingerprint density at radius 3 is 2.37 bits per heavy atom. The van der Waals surface area contributed by atoms with Crippen LogP contribution in [0.5, 0.6) is 0 Å². The molecule has 1 aliphatic rings. The van der Waals surface area contributed by atoms with Crippen molar-refractivity contribution >= 4 is 14.4 Å². The first-order valence-electron chi connectivity index (χ1n) is 6.86. The lowest BCUT2D eigenvalue weighted by Gasteiger charge is -2.39.